The summed E-state index contributed by atoms with van der Waals surface area (Å²) >= 11 is 3.40. The number of carbonyl (C=O) groups is 1. The molecule has 5 heteroatoms. The van der Waals surface area contributed by atoms with Gasteiger partial charge in [0, 0.05) is 23.0 Å². The largest absolute Gasteiger partial charge is 0.444 e. The van der Waals surface area contributed by atoms with Gasteiger partial charge in [-0.2, -0.15) is 0 Å². The Balaban J connectivity index is 1.78. The van der Waals surface area contributed by atoms with Gasteiger partial charge in [-0.05, 0) is 56.9 Å². The van der Waals surface area contributed by atoms with E-state index in [2.05, 4.69) is 15.9 Å². The number of halogens is 2. The molecule has 1 saturated carbocycles. The van der Waals surface area contributed by atoms with Crippen LogP contribution in [0, 0.1) is 11.7 Å². The number of fused-ring (bicyclic) bond motifs is 1. The topological polar surface area (TPSA) is 29.5 Å². The van der Waals surface area contributed by atoms with E-state index in [4.69, 9.17) is 4.74 Å². The molecule has 2 atom stereocenters. The molecular weight excluding hydrogens is 337 g/mol. The van der Waals surface area contributed by atoms with Crippen LogP contribution in [0.3, 0.4) is 0 Å². The van der Waals surface area contributed by atoms with Crippen molar-refractivity contribution < 1.29 is 13.9 Å². The molecule has 21 heavy (non-hydrogen) atoms. The molecule has 114 valence electrons. The molecule has 0 N–H and O–H groups in total. The van der Waals surface area contributed by atoms with Crippen LogP contribution in [0.5, 0.6) is 0 Å². The fourth-order valence-electron chi connectivity index (χ4n) is 3.24. The van der Waals surface area contributed by atoms with E-state index in [-0.39, 0.29) is 17.3 Å². The third kappa shape index (κ3) is 2.68. The third-order valence-electron chi connectivity index (χ3n) is 4.26. The van der Waals surface area contributed by atoms with Crippen molar-refractivity contribution in [3.05, 3.63) is 34.1 Å². The third-order valence-corrected chi connectivity index (χ3v) is 4.76. The van der Waals surface area contributed by atoms with E-state index >= 15 is 0 Å². The summed E-state index contributed by atoms with van der Waals surface area (Å²) in [5, 5.41) is 0. The van der Waals surface area contributed by atoms with Crippen molar-refractivity contribution in [1.82, 2.24) is 4.90 Å². The second kappa shape index (κ2) is 4.70. The van der Waals surface area contributed by atoms with Crippen LogP contribution in [0.2, 0.25) is 0 Å². The van der Waals surface area contributed by atoms with Crippen molar-refractivity contribution in [2.75, 3.05) is 13.1 Å². The van der Waals surface area contributed by atoms with Gasteiger partial charge < -0.3 is 9.64 Å². The van der Waals surface area contributed by atoms with Crippen molar-refractivity contribution >= 4 is 22.0 Å². The van der Waals surface area contributed by atoms with Gasteiger partial charge in [0.05, 0.1) is 0 Å². The molecule has 2 fully saturated rings. The Morgan fingerprint density at radius 3 is 2.86 bits per heavy atom. The lowest BCUT2D eigenvalue weighted by atomic mass is 9.94. The Morgan fingerprint density at radius 2 is 2.19 bits per heavy atom. The molecule has 0 radical (unpaired) electrons. The number of ether oxygens (including phenoxy) is 1. The first kappa shape index (κ1) is 14.8. The molecule has 0 aromatic heterocycles. The molecule has 0 bridgehead atoms. The number of rotatable bonds is 1. The standard InChI is InChI=1S/C16H19BrFNO2/c1-15(2,3)21-14(20)19-8-10-7-16(10,9-19)12-6-11(17)4-5-13(12)18/h4-6,10H,7-9H2,1-3H3/t10-,16-/m0/s1. The maximum Gasteiger partial charge on any atom is 0.410 e. The van der Waals surface area contributed by atoms with Gasteiger partial charge in [0.1, 0.15) is 11.4 Å². The monoisotopic (exact) mass is 355 g/mol. The van der Waals surface area contributed by atoms with Crippen LogP contribution in [0.25, 0.3) is 0 Å². The van der Waals surface area contributed by atoms with E-state index in [1.54, 1.807) is 11.0 Å². The number of likely N-dealkylation sites (tertiary alicyclic amines) is 1. The molecule has 1 amide bonds. The van der Waals surface area contributed by atoms with Crippen molar-refractivity contribution in [3.8, 4) is 0 Å². The molecule has 1 saturated heterocycles. The van der Waals surface area contributed by atoms with E-state index in [9.17, 15) is 9.18 Å². The molecule has 0 spiro atoms. The first-order valence-electron chi connectivity index (χ1n) is 7.15. The summed E-state index contributed by atoms with van der Waals surface area (Å²) in [5.74, 6) is 0.153. The Kier molecular flexibility index (Phi) is 3.32. The summed E-state index contributed by atoms with van der Waals surface area (Å²) < 4.78 is 20.4. The molecule has 1 heterocycles. The van der Waals surface area contributed by atoms with Crippen LogP contribution in [0.4, 0.5) is 9.18 Å². The zero-order chi connectivity index (χ0) is 15.4. The van der Waals surface area contributed by atoms with Gasteiger partial charge in [-0.3, -0.25) is 0 Å². The normalized spacial score (nSPS) is 27.5. The highest BCUT2D eigenvalue weighted by Crippen LogP contribution is 2.59. The second-order valence-electron chi connectivity index (χ2n) is 7.04. The molecule has 1 aliphatic heterocycles. The molecule has 1 aromatic carbocycles. The zero-order valence-corrected chi connectivity index (χ0v) is 14.0. The minimum absolute atomic E-state index is 0.188. The molecule has 0 unspecified atom stereocenters. The number of amides is 1. The van der Waals surface area contributed by atoms with E-state index in [1.807, 2.05) is 26.8 Å². The van der Waals surface area contributed by atoms with Gasteiger partial charge in [-0.15, -0.1) is 0 Å². The summed E-state index contributed by atoms with van der Waals surface area (Å²) in [6.07, 6.45) is 0.643. The number of hydrogen-bond acceptors (Lipinski definition) is 2. The number of benzene rings is 1. The lowest BCUT2D eigenvalue weighted by molar-refractivity contribution is 0.0270. The van der Waals surface area contributed by atoms with Gasteiger partial charge in [0.2, 0.25) is 0 Å². The van der Waals surface area contributed by atoms with Crippen LogP contribution < -0.4 is 0 Å². The van der Waals surface area contributed by atoms with Gasteiger partial charge in [-0.1, -0.05) is 15.9 Å². The SMILES string of the molecule is CC(C)(C)OC(=O)N1C[C@@H]2C[C@]2(c2cc(Br)ccc2F)C1. The van der Waals surface area contributed by atoms with Gasteiger partial charge in [0.25, 0.3) is 0 Å². The van der Waals surface area contributed by atoms with Crippen LogP contribution >= 0.6 is 15.9 Å². The van der Waals surface area contributed by atoms with Crippen molar-refractivity contribution in [2.45, 2.75) is 38.2 Å². The Bertz CT molecular complexity index is 598. The minimum Gasteiger partial charge on any atom is -0.444 e. The van der Waals surface area contributed by atoms with E-state index in [0.717, 1.165) is 10.9 Å². The highest BCUT2D eigenvalue weighted by atomic mass is 79.9. The van der Waals surface area contributed by atoms with Crippen LogP contribution in [-0.4, -0.2) is 29.7 Å². The molecule has 1 aromatic rings. The predicted molar refractivity (Wildman–Crippen MR) is 81.7 cm³/mol. The fourth-order valence-corrected chi connectivity index (χ4v) is 3.61. The van der Waals surface area contributed by atoms with Gasteiger partial charge in [-0.25, -0.2) is 9.18 Å². The predicted octanol–water partition coefficient (Wildman–Crippen LogP) is 4.10. The Hall–Kier alpha value is -1.10. The maximum atomic E-state index is 14.1. The van der Waals surface area contributed by atoms with Gasteiger partial charge >= 0.3 is 6.09 Å². The quantitative estimate of drug-likeness (QED) is 0.758. The van der Waals surface area contributed by atoms with Gasteiger partial charge in [0.15, 0.2) is 0 Å². The van der Waals surface area contributed by atoms with E-state index in [1.165, 1.54) is 6.07 Å². The number of nitrogens with zero attached hydrogens (tertiary/aromatic N) is 1. The molecule has 3 rings (SSSR count). The van der Waals surface area contributed by atoms with Crippen molar-refractivity contribution in [3.63, 3.8) is 0 Å². The summed E-state index contributed by atoms with van der Waals surface area (Å²) in [6.45, 7) is 6.75. The highest BCUT2D eigenvalue weighted by Gasteiger charge is 2.63. The summed E-state index contributed by atoms with van der Waals surface area (Å²) in [7, 11) is 0. The Labute approximate surface area is 132 Å². The van der Waals surface area contributed by atoms with Crippen LogP contribution in [0.1, 0.15) is 32.8 Å². The first-order chi connectivity index (χ1) is 9.71. The molecule has 1 aliphatic carbocycles. The number of carbonyl (C=O) groups excluding carboxylic acids is 1. The highest BCUT2D eigenvalue weighted by molar-refractivity contribution is 9.10. The summed E-state index contributed by atoms with van der Waals surface area (Å²) in [5.41, 5.74) is -0.00375. The average molecular weight is 356 g/mol. The van der Waals surface area contributed by atoms with Crippen molar-refractivity contribution in [2.24, 2.45) is 5.92 Å². The maximum absolute atomic E-state index is 14.1. The molecule has 3 nitrogen and oxygen atoms in total. The Morgan fingerprint density at radius 1 is 1.48 bits per heavy atom. The van der Waals surface area contributed by atoms with Crippen LogP contribution in [-0.2, 0) is 10.2 Å². The summed E-state index contributed by atoms with van der Waals surface area (Å²) in [4.78, 5) is 13.9. The number of piperidine rings is 1. The smallest absolute Gasteiger partial charge is 0.410 e. The van der Waals surface area contributed by atoms with Crippen molar-refractivity contribution in [1.29, 1.82) is 0 Å². The van der Waals surface area contributed by atoms with E-state index < -0.39 is 5.60 Å². The molecular formula is C16H19BrFNO2. The average Bonchev–Trinajstić information content (AvgIpc) is 2.93. The van der Waals surface area contributed by atoms with E-state index in [0.29, 0.717) is 24.6 Å². The summed E-state index contributed by atoms with van der Waals surface area (Å²) in [6, 6.07) is 5.03. The zero-order valence-electron chi connectivity index (χ0n) is 12.5. The second-order valence-corrected chi connectivity index (χ2v) is 7.96. The molecule has 2 aliphatic rings. The first-order valence-corrected chi connectivity index (χ1v) is 7.94. The van der Waals surface area contributed by atoms with Crippen LogP contribution in [0.15, 0.2) is 22.7 Å². The minimum atomic E-state index is -0.502. The number of hydrogen-bond donors (Lipinski definition) is 0. The lowest BCUT2D eigenvalue weighted by Crippen LogP contribution is -2.37. The fraction of sp³-hybridized carbons (Fsp3) is 0.562. The lowest BCUT2D eigenvalue weighted by Gasteiger charge is -2.26.